The Bertz CT molecular complexity index is 802. The van der Waals surface area contributed by atoms with Crippen molar-refractivity contribution < 1.29 is 9.53 Å². The molecule has 1 saturated heterocycles. The van der Waals surface area contributed by atoms with E-state index in [9.17, 15) is 4.79 Å². The molecule has 2 aromatic carbocycles. The number of amides is 1. The summed E-state index contributed by atoms with van der Waals surface area (Å²) in [5.74, 6) is 0.516. The fourth-order valence-electron chi connectivity index (χ4n) is 2.26. The summed E-state index contributed by atoms with van der Waals surface area (Å²) in [6, 6.07) is 14.4. The van der Waals surface area contributed by atoms with Gasteiger partial charge in [-0.15, -0.1) is 0 Å². The first kappa shape index (κ1) is 15.5. The number of carbonyl (C=O) groups excluding carboxylic acids is 1. The van der Waals surface area contributed by atoms with E-state index in [0.29, 0.717) is 21.5 Å². The molecule has 0 spiro atoms. The van der Waals surface area contributed by atoms with Crippen LogP contribution in [0.2, 0.25) is 5.02 Å². The molecule has 4 nitrogen and oxygen atoms in total. The van der Waals surface area contributed by atoms with Crippen molar-refractivity contribution in [2.24, 2.45) is 0 Å². The van der Waals surface area contributed by atoms with Crippen molar-refractivity contribution in [2.75, 3.05) is 12.0 Å². The molecule has 0 aromatic heterocycles. The number of nitrogens with one attached hydrogen (secondary N) is 1. The van der Waals surface area contributed by atoms with Crippen LogP contribution in [0.5, 0.6) is 5.75 Å². The first-order chi connectivity index (χ1) is 11.1. The molecular formula is C17H13ClN2O2S. The van der Waals surface area contributed by atoms with Gasteiger partial charge in [0.1, 0.15) is 11.4 Å². The van der Waals surface area contributed by atoms with Gasteiger partial charge in [-0.25, -0.2) is 0 Å². The Hall–Kier alpha value is -2.37. The average molecular weight is 345 g/mol. The standard InChI is InChI=1S/C17H13ClN2O2S/c1-22-14-4-2-3-11(9-14)10-15-16(21)20(17(23)19-15)13-7-5-12(18)6-8-13/h2-10H,1H3,(H,19,23)/b15-10-. The summed E-state index contributed by atoms with van der Waals surface area (Å²) in [5.41, 5.74) is 1.94. The molecule has 6 heteroatoms. The molecule has 0 bridgehead atoms. The fourth-order valence-corrected chi connectivity index (χ4v) is 2.68. The molecule has 1 aliphatic heterocycles. The SMILES string of the molecule is COc1cccc(/C=C2\NC(=S)N(c3ccc(Cl)cc3)C2=O)c1. The summed E-state index contributed by atoms with van der Waals surface area (Å²) in [7, 11) is 1.60. The second-order valence-electron chi connectivity index (χ2n) is 4.88. The molecule has 0 radical (unpaired) electrons. The van der Waals surface area contributed by atoms with Gasteiger partial charge in [0.05, 0.1) is 12.8 Å². The van der Waals surface area contributed by atoms with Crippen LogP contribution in [0.1, 0.15) is 5.56 Å². The molecule has 0 atom stereocenters. The lowest BCUT2D eigenvalue weighted by Crippen LogP contribution is -2.30. The molecule has 1 heterocycles. The minimum Gasteiger partial charge on any atom is -0.497 e. The van der Waals surface area contributed by atoms with Gasteiger partial charge < -0.3 is 10.1 Å². The third-order valence-corrected chi connectivity index (χ3v) is 3.90. The van der Waals surface area contributed by atoms with Crippen LogP contribution in [-0.4, -0.2) is 18.1 Å². The maximum Gasteiger partial charge on any atom is 0.281 e. The van der Waals surface area contributed by atoms with Crippen molar-refractivity contribution in [1.29, 1.82) is 0 Å². The number of hydrogen-bond acceptors (Lipinski definition) is 3. The summed E-state index contributed by atoms with van der Waals surface area (Å²) >= 11 is 11.2. The Morgan fingerprint density at radius 1 is 1.22 bits per heavy atom. The Kier molecular flexibility index (Phi) is 4.32. The Balaban J connectivity index is 1.91. The highest BCUT2D eigenvalue weighted by atomic mass is 35.5. The molecule has 0 saturated carbocycles. The van der Waals surface area contributed by atoms with E-state index in [0.717, 1.165) is 11.3 Å². The van der Waals surface area contributed by atoms with Crippen LogP contribution in [0.3, 0.4) is 0 Å². The molecule has 0 unspecified atom stereocenters. The molecule has 116 valence electrons. The molecule has 1 N–H and O–H groups in total. The van der Waals surface area contributed by atoms with Gasteiger partial charge in [-0.3, -0.25) is 9.69 Å². The number of nitrogens with zero attached hydrogens (tertiary/aromatic N) is 1. The van der Waals surface area contributed by atoms with Crippen molar-refractivity contribution in [1.82, 2.24) is 5.32 Å². The molecule has 3 rings (SSSR count). The van der Waals surface area contributed by atoms with Crippen molar-refractivity contribution >= 4 is 46.6 Å². The maximum atomic E-state index is 12.6. The number of rotatable bonds is 3. The second-order valence-corrected chi connectivity index (χ2v) is 5.70. The van der Waals surface area contributed by atoms with Crippen LogP contribution in [-0.2, 0) is 4.79 Å². The van der Waals surface area contributed by atoms with Crippen LogP contribution in [0.15, 0.2) is 54.2 Å². The zero-order valence-electron chi connectivity index (χ0n) is 12.2. The summed E-state index contributed by atoms with van der Waals surface area (Å²) in [6.45, 7) is 0. The monoisotopic (exact) mass is 344 g/mol. The van der Waals surface area contributed by atoms with E-state index in [1.54, 1.807) is 37.5 Å². The third kappa shape index (κ3) is 3.21. The number of benzene rings is 2. The average Bonchev–Trinajstić information content (AvgIpc) is 2.83. The highest BCUT2D eigenvalue weighted by Gasteiger charge is 2.31. The van der Waals surface area contributed by atoms with E-state index >= 15 is 0 Å². The first-order valence-corrected chi connectivity index (χ1v) is 7.64. The summed E-state index contributed by atoms with van der Waals surface area (Å²) in [5, 5.41) is 3.89. The van der Waals surface area contributed by atoms with Crippen molar-refractivity contribution in [3.8, 4) is 5.75 Å². The quantitative estimate of drug-likeness (QED) is 0.682. The van der Waals surface area contributed by atoms with Gasteiger partial charge in [-0.05, 0) is 60.3 Å². The molecular weight excluding hydrogens is 332 g/mol. The van der Waals surface area contributed by atoms with E-state index in [2.05, 4.69) is 5.32 Å². The van der Waals surface area contributed by atoms with Gasteiger partial charge in [0.15, 0.2) is 5.11 Å². The maximum absolute atomic E-state index is 12.6. The van der Waals surface area contributed by atoms with Crippen molar-refractivity contribution in [2.45, 2.75) is 0 Å². The normalized spacial score (nSPS) is 15.9. The van der Waals surface area contributed by atoms with Crippen LogP contribution in [0.25, 0.3) is 6.08 Å². The predicted molar refractivity (Wildman–Crippen MR) is 95.6 cm³/mol. The minimum absolute atomic E-state index is 0.208. The lowest BCUT2D eigenvalue weighted by Gasteiger charge is -2.13. The number of halogens is 1. The van der Waals surface area contributed by atoms with E-state index in [-0.39, 0.29) is 5.91 Å². The Morgan fingerprint density at radius 2 is 1.96 bits per heavy atom. The highest BCUT2D eigenvalue weighted by molar-refractivity contribution is 7.80. The molecule has 0 aliphatic carbocycles. The second kappa shape index (κ2) is 6.40. The van der Waals surface area contributed by atoms with E-state index in [4.69, 9.17) is 28.6 Å². The molecule has 1 fully saturated rings. The van der Waals surface area contributed by atoms with E-state index in [1.165, 1.54) is 4.90 Å². The zero-order chi connectivity index (χ0) is 16.4. The van der Waals surface area contributed by atoms with Gasteiger partial charge in [0, 0.05) is 5.02 Å². The first-order valence-electron chi connectivity index (χ1n) is 6.85. The van der Waals surface area contributed by atoms with Gasteiger partial charge >= 0.3 is 0 Å². The number of anilines is 1. The summed E-state index contributed by atoms with van der Waals surface area (Å²) in [4.78, 5) is 14.0. The van der Waals surface area contributed by atoms with Crippen LogP contribution >= 0.6 is 23.8 Å². The smallest absolute Gasteiger partial charge is 0.281 e. The lowest BCUT2D eigenvalue weighted by molar-refractivity contribution is -0.113. The molecule has 1 aliphatic rings. The topological polar surface area (TPSA) is 41.6 Å². The Labute approximate surface area is 144 Å². The molecule has 1 amide bonds. The lowest BCUT2D eigenvalue weighted by atomic mass is 10.2. The van der Waals surface area contributed by atoms with Crippen LogP contribution in [0, 0.1) is 0 Å². The van der Waals surface area contributed by atoms with E-state index in [1.807, 2.05) is 24.3 Å². The van der Waals surface area contributed by atoms with Crippen molar-refractivity contribution in [3.63, 3.8) is 0 Å². The number of carbonyl (C=O) groups is 1. The minimum atomic E-state index is -0.208. The number of methoxy groups -OCH3 is 1. The summed E-state index contributed by atoms with van der Waals surface area (Å²) < 4.78 is 5.19. The fraction of sp³-hybridized carbons (Fsp3) is 0.0588. The highest BCUT2D eigenvalue weighted by Crippen LogP contribution is 2.24. The van der Waals surface area contributed by atoms with Crippen molar-refractivity contribution in [3.05, 3.63) is 64.8 Å². The molecule has 2 aromatic rings. The Morgan fingerprint density at radius 3 is 2.65 bits per heavy atom. The van der Waals surface area contributed by atoms with Crippen LogP contribution in [0.4, 0.5) is 5.69 Å². The third-order valence-electron chi connectivity index (χ3n) is 3.37. The van der Waals surface area contributed by atoms with E-state index < -0.39 is 0 Å². The van der Waals surface area contributed by atoms with Gasteiger partial charge in [0.2, 0.25) is 0 Å². The van der Waals surface area contributed by atoms with Crippen LogP contribution < -0.4 is 15.0 Å². The predicted octanol–water partition coefficient (Wildman–Crippen LogP) is 3.61. The number of ether oxygens (including phenoxy) is 1. The van der Waals surface area contributed by atoms with Gasteiger partial charge in [-0.2, -0.15) is 0 Å². The van der Waals surface area contributed by atoms with Gasteiger partial charge in [0.25, 0.3) is 5.91 Å². The van der Waals surface area contributed by atoms with Gasteiger partial charge in [-0.1, -0.05) is 23.7 Å². The number of thiocarbonyl (C=S) groups is 1. The number of hydrogen-bond donors (Lipinski definition) is 1. The summed E-state index contributed by atoms with van der Waals surface area (Å²) in [6.07, 6.45) is 1.74. The largest absolute Gasteiger partial charge is 0.497 e. The zero-order valence-corrected chi connectivity index (χ0v) is 13.8. The molecule has 23 heavy (non-hydrogen) atoms.